The summed E-state index contributed by atoms with van der Waals surface area (Å²) in [5.74, 6) is 0.596. The monoisotopic (exact) mass is 455 g/mol. The van der Waals surface area contributed by atoms with Gasteiger partial charge in [0.1, 0.15) is 6.54 Å². The molecule has 1 saturated heterocycles. The number of carbonyl (C=O) groups excluding carboxylic acids is 1. The number of hydrogen-bond acceptors (Lipinski definition) is 4. The van der Waals surface area contributed by atoms with Crippen molar-refractivity contribution in [1.29, 1.82) is 0 Å². The zero-order valence-electron chi connectivity index (χ0n) is 17.6. The first-order valence-corrected chi connectivity index (χ1v) is 11.3. The van der Waals surface area contributed by atoms with Crippen molar-refractivity contribution in [2.75, 3.05) is 25.0 Å². The first-order valence-electron chi connectivity index (χ1n) is 10.5. The van der Waals surface area contributed by atoms with Crippen molar-refractivity contribution in [2.24, 2.45) is 0 Å². The van der Waals surface area contributed by atoms with Crippen molar-refractivity contribution < 1.29 is 4.79 Å². The topological polar surface area (TPSA) is 57.2 Å². The number of carbonyl (C=O) groups is 1. The largest absolute Gasteiger partial charge is 0.371 e. The van der Waals surface area contributed by atoms with E-state index in [1.54, 1.807) is 21.6 Å². The van der Waals surface area contributed by atoms with Gasteiger partial charge in [-0.25, -0.2) is 0 Å². The number of rotatable bonds is 6. The van der Waals surface area contributed by atoms with Crippen molar-refractivity contribution in [3.05, 3.63) is 63.9 Å². The number of aromatic amines is 1. The molecule has 0 bridgehead atoms. The van der Waals surface area contributed by atoms with Crippen LogP contribution in [-0.4, -0.2) is 45.7 Å². The number of H-pyrrole nitrogens is 1. The maximum Gasteiger partial charge on any atom is 0.242 e. The van der Waals surface area contributed by atoms with E-state index in [0.717, 1.165) is 24.2 Å². The highest BCUT2D eigenvalue weighted by molar-refractivity contribution is 7.71. The molecule has 3 aromatic rings. The lowest BCUT2D eigenvalue weighted by Gasteiger charge is -2.31. The number of benzene rings is 2. The highest BCUT2D eigenvalue weighted by atomic mass is 35.5. The second-order valence-corrected chi connectivity index (χ2v) is 8.69. The molecular weight excluding hydrogens is 430 g/mol. The molecule has 0 saturated carbocycles. The van der Waals surface area contributed by atoms with Crippen LogP contribution < -0.4 is 4.90 Å². The summed E-state index contributed by atoms with van der Waals surface area (Å²) in [5.41, 5.74) is 3.24. The first-order chi connectivity index (χ1) is 15.0. The summed E-state index contributed by atoms with van der Waals surface area (Å²) in [5, 5.41) is 7.76. The van der Waals surface area contributed by atoms with Crippen LogP contribution in [0.4, 0.5) is 5.69 Å². The van der Waals surface area contributed by atoms with E-state index < -0.39 is 0 Å². The summed E-state index contributed by atoms with van der Waals surface area (Å²) in [7, 11) is 1.83. The van der Waals surface area contributed by atoms with Gasteiger partial charge in [-0.1, -0.05) is 29.8 Å². The van der Waals surface area contributed by atoms with Crippen molar-refractivity contribution in [1.82, 2.24) is 19.7 Å². The SMILES string of the molecule is CN(Cc1ccccc1N1CCCCC1)C(=O)Cn1c(-c2ccc(Cl)cc2)n[nH]c1=S. The lowest BCUT2D eigenvalue weighted by Crippen LogP contribution is -2.33. The van der Waals surface area contributed by atoms with Crippen molar-refractivity contribution in [3.63, 3.8) is 0 Å². The van der Waals surface area contributed by atoms with Gasteiger partial charge < -0.3 is 9.80 Å². The molecule has 1 N–H and O–H groups in total. The van der Waals surface area contributed by atoms with Crippen LogP contribution in [0.5, 0.6) is 0 Å². The van der Waals surface area contributed by atoms with Crippen molar-refractivity contribution in [2.45, 2.75) is 32.4 Å². The minimum atomic E-state index is -0.0267. The van der Waals surface area contributed by atoms with Crippen LogP contribution in [0.25, 0.3) is 11.4 Å². The molecule has 2 aromatic carbocycles. The van der Waals surface area contributed by atoms with Crippen LogP contribution in [0.15, 0.2) is 48.5 Å². The quantitative estimate of drug-likeness (QED) is 0.536. The molecular formula is C23H26ClN5OS. The molecule has 0 unspecified atom stereocenters. The Bertz CT molecular complexity index is 1100. The molecule has 1 fully saturated rings. The highest BCUT2D eigenvalue weighted by Crippen LogP contribution is 2.25. The van der Waals surface area contributed by atoms with Crippen LogP contribution in [0.1, 0.15) is 24.8 Å². The van der Waals surface area contributed by atoms with Crippen LogP contribution in [0, 0.1) is 4.77 Å². The number of anilines is 1. The molecule has 162 valence electrons. The Labute approximate surface area is 192 Å². The fraction of sp³-hybridized carbons (Fsp3) is 0.348. The average molecular weight is 456 g/mol. The molecule has 0 aliphatic carbocycles. The maximum absolute atomic E-state index is 13.1. The third kappa shape index (κ3) is 4.99. The smallest absolute Gasteiger partial charge is 0.242 e. The van der Waals surface area contributed by atoms with Gasteiger partial charge >= 0.3 is 0 Å². The average Bonchev–Trinajstić information content (AvgIpc) is 3.15. The third-order valence-corrected chi connectivity index (χ3v) is 6.24. The van der Waals surface area contributed by atoms with Gasteiger partial charge in [0.25, 0.3) is 0 Å². The zero-order chi connectivity index (χ0) is 21.8. The van der Waals surface area contributed by atoms with E-state index in [1.165, 1.54) is 24.9 Å². The summed E-state index contributed by atoms with van der Waals surface area (Å²) in [6, 6.07) is 15.7. The summed E-state index contributed by atoms with van der Waals surface area (Å²) >= 11 is 11.4. The maximum atomic E-state index is 13.1. The Morgan fingerprint density at radius 3 is 2.58 bits per heavy atom. The Hall–Kier alpha value is -2.64. The number of hydrogen-bond donors (Lipinski definition) is 1. The van der Waals surface area contributed by atoms with E-state index in [1.807, 2.05) is 25.2 Å². The lowest BCUT2D eigenvalue weighted by molar-refractivity contribution is -0.131. The second-order valence-electron chi connectivity index (χ2n) is 7.87. The molecule has 0 spiro atoms. The molecule has 1 aliphatic rings. The number of piperidine rings is 1. The number of para-hydroxylation sites is 1. The van der Waals surface area contributed by atoms with Gasteiger partial charge in [0.05, 0.1) is 0 Å². The summed E-state index contributed by atoms with van der Waals surface area (Å²) in [6.45, 7) is 2.81. The number of likely N-dealkylation sites (N-methyl/N-ethyl adjacent to an activating group) is 1. The fourth-order valence-electron chi connectivity index (χ4n) is 3.97. The third-order valence-electron chi connectivity index (χ3n) is 5.68. The van der Waals surface area contributed by atoms with E-state index in [4.69, 9.17) is 23.8 Å². The molecule has 0 radical (unpaired) electrons. The molecule has 0 atom stereocenters. The van der Waals surface area contributed by atoms with Gasteiger partial charge in [-0.15, -0.1) is 0 Å². The number of amides is 1. The number of halogens is 1. The standard InChI is InChI=1S/C23H26ClN5OS/c1-27(15-18-7-3-4-8-20(18)28-13-5-2-6-14-28)21(30)16-29-22(25-26-23(29)31)17-9-11-19(24)12-10-17/h3-4,7-12H,2,5-6,13-16H2,1H3,(H,26,31). The van der Waals surface area contributed by atoms with Gasteiger partial charge in [0.2, 0.25) is 5.91 Å². The predicted molar refractivity (Wildman–Crippen MR) is 127 cm³/mol. The van der Waals surface area contributed by atoms with E-state index >= 15 is 0 Å². The van der Waals surface area contributed by atoms with Crippen molar-refractivity contribution in [3.8, 4) is 11.4 Å². The van der Waals surface area contributed by atoms with Crippen LogP contribution >= 0.6 is 23.8 Å². The Kier molecular flexibility index (Phi) is 6.73. The van der Waals surface area contributed by atoms with E-state index in [2.05, 4.69) is 33.3 Å². The van der Waals surface area contributed by atoms with Gasteiger partial charge in [0, 0.05) is 43.0 Å². The van der Waals surface area contributed by atoms with Crippen LogP contribution in [-0.2, 0) is 17.9 Å². The minimum absolute atomic E-state index is 0.0267. The minimum Gasteiger partial charge on any atom is -0.371 e. The first kappa shape index (κ1) is 21.6. The van der Waals surface area contributed by atoms with Crippen molar-refractivity contribution >= 4 is 35.4 Å². The van der Waals surface area contributed by atoms with E-state index in [-0.39, 0.29) is 12.5 Å². The van der Waals surface area contributed by atoms with Crippen LogP contribution in [0.3, 0.4) is 0 Å². The lowest BCUT2D eigenvalue weighted by atomic mass is 10.1. The summed E-state index contributed by atoms with van der Waals surface area (Å²) in [4.78, 5) is 17.3. The fourth-order valence-corrected chi connectivity index (χ4v) is 4.29. The predicted octanol–water partition coefficient (Wildman–Crippen LogP) is 4.91. The number of nitrogens with one attached hydrogen (secondary N) is 1. The van der Waals surface area contributed by atoms with Gasteiger partial charge in [0.15, 0.2) is 10.6 Å². The van der Waals surface area contributed by atoms with Crippen LogP contribution in [0.2, 0.25) is 5.02 Å². The number of aromatic nitrogens is 3. The Balaban J connectivity index is 1.50. The van der Waals surface area contributed by atoms with Gasteiger partial charge in [-0.2, -0.15) is 5.10 Å². The Morgan fingerprint density at radius 1 is 1.13 bits per heavy atom. The number of nitrogens with zero attached hydrogens (tertiary/aromatic N) is 4. The Morgan fingerprint density at radius 2 is 1.84 bits per heavy atom. The van der Waals surface area contributed by atoms with Gasteiger partial charge in [-0.3, -0.25) is 14.5 Å². The van der Waals surface area contributed by atoms with Gasteiger partial charge in [-0.05, 0) is 67.4 Å². The molecule has 1 amide bonds. The molecule has 6 nitrogen and oxygen atoms in total. The zero-order valence-corrected chi connectivity index (χ0v) is 19.1. The normalized spacial score (nSPS) is 13.9. The summed E-state index contributed by atoms with van der Waals surface area (Å²) < 4.78 is 2.15. The second kappa shape index (κ2) is 9.66. The molecule has 8 heteroatoms. The molecule has 1 aromatic heterocycles. The van der Waals surface area contributed by atoms with E-state index in [9.17, 15) is 4.79 Å². The molecule has 31 heavy (non-hydrogen) atoms. The molecule has 2 heterocycles. The summed E-state index contributed by atoms with van der Waals surface area (Å²) in [6.07, 6.45) is 3.73. The molecule has 1 aliphatic heterocycles. The molecule has 4 rings (SSSR count). The van der Waals surface area contributed by atoms with E-state index in [0.29, 0.717) is 22.2 Å². The highest BCUT2D eigenvalue weighted by Gasteiger charge is 2.19.